The molecule has 0 bridgehead atoms. The molecule has 86 valence electrons. The van der Waals surface area contributed by atoms with Crippen LogP contribution in [0.25, 0.3) is 0 Å². The van der Waals surface area contributed by atoms with Crippen LogP contribution >= 0.6 is 27.7 Å². The fraction of sp³-hybridized carbons (Fsp3) is 0.222. The van der Waals surface area contributed by atoms with Gasteiger partial charge in [-0.3, -0.25) is 10.1 Å². The highest BCUT2D eigenvalue weighted by Crippen LogP contribution is 2.23. The quantitative estimate of drug-likeness (QED) is 0.486. The number of rotatable bonds is 4. The number of nitrogens with zero attached hydrogens (tertiary/aromatic N) is 3. The molecule has 0 saturated carbocycles. The fourth-order valence-corrected chi connectivity index (χ4v) is 1.87. The second-order valence-corrected chi connectivity index (χ2v) is 4.49. The van der Waals surface area contributed by atoms with Crippen LogP contribution < -0.4 is 4.90 Å². The molecule has 1 aromatic heterocycles. The molecule has 16 heavy (non-hydrogen) atoms. The van der Waals surface area contributed by atoms with Gasteiger partial charge in [0.05, 0.1) is 16.8 Å². The van der Waals surface area contributed by atoms with Crippen molar-refractivity contribution in [1.29, 1.82) is 0 Å². The van der Waals surface area contributed by atoms with Gasteiger partial charge in [-0.1, -0.05) is 0 Å². The second kappa shape index (κ2) is 5.86. The predicted molar refractivity (Wildman–Crippen MR) is 68.9 cm³/mol. The minimum absolute atomic E-state index is 0.464. The smallest absolute Gasteiger partial charge is 0.264 e. The van der Waals surface area contributed by atoms with E-state index in [4.69, 9.17) is 0 Å². The molecule has 7 heteroatoms. The van der Waals surface area contributed by atoms with Crippen molar-refractivity contribution in [3.05, 3.63) is 44.3 Å². The second-order valence-electron chi connectivity index (χ2n) is 2.85. The Bertz CT molecular complexity index is 408. The van der Waals surface area contributed by atoms with E-state index in [0.717, 1.165) is 16.5 Å². The summed E-state index contributed by atoms with van der Waals surface area (Å²) < 4.78 is 0.730. The van der Waals surface area contributed by atoms with E-state index in [-0.39, 0.29) is 0 Å². The Kier molecular flexibility index (Phi) is 4.75. The number of hydrogen-bond donors (Lipinski definition) is 0. The van der Waals surface area contributed by atoms with Gasteiger partial charge in [0.15, 0.2) is 0 Å². The fourth-order valence-electron chi connectivity index (χ4n) is 1.06. The lowest BCUT2D eigenvalue weighted by atomic mass is 10.4. The van der Waals surface area contributed by atoms with E-state index < -0.39 is 4.92 Å². The number of aromatic nitrogens is 1. The molecule has 0 fully saturated rings. The van der Waals surface area contributed by atoms with E-state index >= 15 is 0 Å². The molecule has 0 N–H and O–H groups in total. The van der Waals surface area contributed by atoms with Gasteiger partial charge in [0.25, 0.3) is 6.20 Å². The molecule has 0 radical (unpaired) electrons. The first-order chi connectivity index (χ1) is 7.54. The number of pyridine rings is 1. The first kappa shape index (κ1) is 13.0. The normalized spacial score (nSPS) is 11.3. The van der Waals surface area contributed by atoms with E-state index in [0.29, 0.717) is 5.03 Å². The van der Waals surface area contributed by atoms with Crippen LogP contribution in [-0.2, 0) is 0 Å². The summed E-state index contributed by atoms with van der Waals surface area (Å²) in [5, 5.41) is 11.0. The third-order valence-corrected chi connectivity index (χ3v) is 3.12. The lowest BCUT2D eigenvalue weighted by Gasteiger charge is -2.18. The lowest BCUT2D eigenvalue weighted by Crippen LogP contribution is -2.15. The van der Waals surface area contributed by atoms with E-state index in [1.54, 1.807) is 30.5 Å². The van der Waals surface area contributed by atoms with E-state index in [1.165, 1.54) is 11.8 Å². The molecule has 1 rings (SSSR count). The van der Waals surface area contributed by atoms with Crippen molar-refractivity contribution in [3.63, 3.8) is 0 Å². The Labute approximate surface area is 106 Å². The molecule has 0 saturated heterocycles. The number of anilines is 1. The van der Waals surface area contributed by atoms with Crippen LogP contribution in [0.1, 0.15) is 0 Å². The lowest BCUT2D eigenvalue weighted by molar-refractivity contribution is -0.402. The Balaban J connectivity index is 2.95. The first-order valence-corrected chi connectivity index (χ1v) is 6.31. The van der Waals surface area contributed by atoms with Gasteiger partial charge in [-0.2, -0.15) is 0 Å². The van der Waals surface area contributed by atoms with Crippen LogP contribution in [-0.4, -0.2) is 23.2 Å². The Morgan fingerprint density at radius 1 is 1.69 bits per heavy atom. The van der Waals surface area contributed by atoms with Crippen molar-refractivity contribution in [2.24, 2.45) is 0 Å². The molecule has 0 aromatic carbocycles. The number of thioether (sulfide) groups is 1. The zero-order valence-corrected chi connectivity index (χ0v) is 11.2. The minimum Gasteiger partial charge on any atom is -0.333 e. The zero-order valence-electron chi connectivity index (χ0n) is 8.75. The van der Waals surface area contributed by atoms with Crippen molar-refractivity contribution in [1.82, 2.24) is 4.98 Å². The van der Waals surface area contributed by atoms with Crippen molar-refractivity contribution >= 4 is 33.4 Å². The molecule has 0 atom stereocenters. The molecule has 1 aromatic rings. The van der Waals surface area contributed by atoms with Crippen LogP contribution in [0, 0.1) is 10.1 Å². The molecule has 0 amide bonds. The maximum absolute atomic E-state index is 10.4. The van der Waals surface area contributed by atoms with Crippen molar-refractivity contribution in [2.45, 2.75) is 0 Å². The van der Waals surface area contributed by atoms with Gasteiger partial charge < -0.3 is 4.90 Å². The summed E-state index contributed by atoms with van der Waals surface area (Å²) in [7, 11) is 1.76. The molecule has 0 unspecified atom stereocenters. The van der Waals surface area contributed by atoms with Crippen LogP contribution in [0.5, 0.6) is 0 Å². The molecule has 0 aliphatic heterocycles. The molecule has 0 spiro atoms. The maximum atomic E-state index is 10.4. The van der Waals surface area contributed by atoms with Gasteiger partial charge in [0.1, 0.15) is 9.63 Å². The van der Waals surface area contributed by atoms with Crippen molar-refractivity contribution in [2.75, 3.05) is 18.2 Å². The van der Waals surface area contributed by atoms with Gasteiger partial charge in [0.2, 0.25) is 0 Å². The monoisotopic (exact) mass is 303 g/mol. The highest BCUT2D eigenvalue weighted by Gasteiger charge is 2.10. The third-order valence-electron chi connectivity index (χ3n) is 1.85. The summed E-state index contributed by atoms with van der Waals surface area (Å²) in [6, 6.07) is 3.62. The third kappa shape index (κ3) is 3.49. The SMILES string of the molecule is CS/C(=C\[N+](=O)[O-])N(C)c1ccc(Br)nc1. The Morgan fingerprint density at radius 3 is 2.81 bits per heavy atom. The first-order valence-electron chi connectivity index (χ1n) is 4.29. The largest absolute Gasteiger partial charge is 0.333 e. The summed E-state index contributed by atoms with van der Waals surface area (Å²) in [6.07, 6.45) is 4.42. The number of halogens is 1. The zero-order chi connectivity index (χ0) is 12.1. The van der Waals surface area contributed by atoms with Gasteiger partial charge in [-0.15, -0.1) is 11.8 Å². The minimum atomic E-state index is -0.464. The predicted octanol–water partition coefficient (Wildman–Crippen LogP) is 2.72. The summed E-state index contributed by atoms with van der Waals surface area (Å²) in [4.78, 5) is 15.7. The van der Waals surface area contributed by atoms with E-state index in [9.17, 15) is 10.1 Å². The summed E-state index contributed by atoms with van der Waals surface area (Å²) in [5.41, 5.74) is 0.797. The van der Waals surface area contributed by atoms with Gasteiger partial charge >= 0.3 is 0 Å². The Hall–Kier alpha value is -1.08. The number of nitro groups is 1. The highest BCUT2D eigenvalue weighted by atomic mass is 79.9. The number of hydrogen-bond acceptors (Lipinski definition) is 5. The van der Waals surface area contributed by atoms with E-state index in [1.807, 2.05) is 6.07 Å². The van der Waals surface area contributed by atoms with Crippen LogP contribution in [0.4, 0.5) is 5.69 Å². The topological polar surface area (TPSA) is 59.3 Å². The van der Waals surface area contributed by atoms with Gasteiger partial charge in [0, 0.05) is 7.05 Å². The highest BCUT2D eigenvalue weighted by molar-refractivity contribution is 9.10. The van der Waals surface area contributed by atoms with Gasteiger partial charge in [-0.25, -0.2) is 4.98 Å². The molecule has 1 heterocycles. The van der Waals surface area contributed by atoms with Crippen LogP contribution in [0.2, 0.25) is 0 Å². The van der Waals surface area contributed by atoms with Crippen LogP contribution in [0.3, 0.4) is 0 Å². The molecular formula is C9H10BrN3O2S. The van der Waals surface area contributed by atoms with Gasteiger partial charge in [-0.05, 0) is 34.3 Å². The molecule has 0 aliphatic carbocycles. The van der Waals surface area contributed by atoms with Crippen molar-refractivity contribution in [3.8, 4) is 0 Å². The Morgan fingerprint density at radius 2 is 2.38 bits per heavy atom. The van der Waals surface area contributed by atoms with Crippen LogP contribution in [0.15, 0.2) is 34.2 Å². The average molecular weight is 304 g/mol. The molecule has 0 aliphatic rings. The summed E-state index contributed by atoms with van der Waals surface area (Å²) in [5.74, 6) is 0. The van der Waals surface area contributed by atoms with E-state index in [2.05, 4.69) is 20.9 Å². The summed E-state index contributed by atoms with van der Waals surface area (Å²) >= 11 is 4.54. The average Bonchev–Trinajstić information content (AvgIpc) is 2.25. The molecule has 5 nitrogen and oxygen atoms in total. The standard InChI is InChI=1S/C9H10BrN3O2S/c1-12(9(16-2)6-13(14)15)7-3-4-8(10)11-5-7/h3-6H,1-2H3/b9-6-. The summed E-state index contributed by atoms with van der Waals surface area (Å²) in [6.45, 7) is 0. The molecular weight excluding hydrogens is 294 g/mol. The maximum Gasteiger partial charge on any atom is 0.264 e. The van der Waals surface area contributed by atoms with Crippen molar-refractivity contribution < 1.29 is 4.92 Å².